The second-order valence-corrected chi connectivity index (χ2v) is 6.24. The van der Waals surface area contributed by atoms with Gasteiger partial charge in [0.25, 0.3) is 0 Å². The van der Waals surface area contributed by atoms with Crippen molar-refractivity contribution in [1.29, 1.82) is 0 Å². The molecule has 0 saturated heterocycles. The lowest BCUT2D eigenvalue weighted by atomic mass is 9.95. The number of rotatable bonds is 5. The van der Waals surface area contributed by atoms with Gasteiger partial charge in [-0.05, 0) is 24.1 Å². The zero-order valence-corrected chi connectivity index (χ0v) is 15.7. The van der Waals surface area contributed by atoms with Crippen LogP contribution in [0.3, 0.4) is 0 Å². The average Bonchev–Trinajstić information content (AvgIpc) is 2.72. The summed E-state index contributed by atoms with van der Waals surface area (Å²) >= 11 is 0. The Balaban J connectivity index is 2.22. The quantitative estimate of drug-likeness (QED) is 0.655. The number of hydrogen-bond acceptors (Lipinski definition) is 6. The van der Waals surface area contributed by atoms with Crippen molar-refractivity contribution >= 4 is 16.9 Å². The summed E-state index contributed by atoms with van der Waals surface area (Å²) in [5, 5.41) is 0.571. The first-order valence-corrected chi connectivity index (χ1v) is 8.58. The molecule has 29 heavy (non-hydrogen) atoms. The Bertz CT molecular complexity index is 1050. The van der Waals surface area contributed by atoms with Crippen LogP contribution in [0.1, 0.15) is 11.1 Å². The van der Waals surface area contributed by atoms with Crippen LogP contribution in [0.2, 0.25) is 0 Å². The van der Waals surface area contributed by atoms with Crippen molar-refractivity contribution in [3.8, 4) is 17.0 Å². The fraction of sp³-hybridized carbons (Fsp3) is 0.250. The van der Waals surface area contributed by atoms with Crippen LogP contribution in [0.4, 0.5) is 13.2 Å². The van der Waals surface area contributed by atoms with Gasteiger partial charge in [0.15, 0.2) is 0 Å². The summed E-state index contributed by atoms with van der Waals surface area (Å²) < 4.78 is 50.8. The summed E-state index contributed by atoms with van der Waals surface area (Å²) in [6.07, 6.45) is -1.81. The van der Waals surface area contributed by atoms with Crippen molar-refractivity contribution in [2.45, 2.75) is 18.6 Å². The van der Waals surface area contributed by atoms with E-state index in [1.165, 1.54) is 32.7 Å². The van der Waals surface area contributed by atoms with E-state index in [2.05, 4.69) is 14.7 Å². The number of nitrogens with zero attached hydrogens (tertiary/aromatic N) is 2. The van der Waals surface area contributed by atoms with Gasteiger partial charge < -0.3 is 15.2 Å². The van der Waals surface area contributed by atoms with Gasteiger partial charge in [-0.2, -0.15) is 13.2 Å². The Morgan fingerprint density at radius 2 is 1.90 bits per heavy atom. The maximum atomic E-state index is 13.8. The summed E-state index contributed by atoms with van der Waals surface area (Å²) in [6, 6.07) is 6.72. The largest absolute Gasteiger partial charge is 0.496 e. The van der Waals surface area contributed by atoms with Crippen LogP contribution in [0.25, 0.3) is 22.2 Å². The molecule has 0 spiro atoms. The van der Waals surface area contributed by atoms with Gasteiger partial charge in [0, 0.05) is 23.3 Å². The number of halogens is 3. The summed E-state index contributed by atoms with van der Waals surface area (Å²) in [7, 11) is 2.40. The minimum atomic E-state index is -4.68. The van der Waals surface area contributed by atoms with Crippen molar-refractivity contribution < 1.29 is 27.4 Å². The first kappa shape index (κ1) is 20.5. The van der Waals surface area contributed by atoms with Crippen LogP contribution in [0.5, 0.6) is 5.75 Å². The van der Waals surface area contributed by atoms with Crippen LogP contribution >= 0.6 is 0 Å². The molecule has 9 heteroatoms. The second kappa shape index (κ2) is 8.04. The molecule has 3 rings (SSSR count). The SMILES string of the molecule is COC(=O)[C@@H](N)Cc1ccc(-c2nccc(OC)c2C(F)(F)F)c2ncccc12. The number of ether oxygens (including phenoxy) is 2. The predicted molar refractivity (Wildman–Crippen MR) is 100 cm³/mol. The molecule has 1 aromatic carbocycles. The minimum Gasteiger partial charge on any atom is -0.496 e. The molecule has 2 N–H and O–H groups in total. The highest BCUT2D eigenvalue weighted by Gasteiger charge is 2.38. The first-order valence-electron chi connectivity index (χ1n) is 8.58. The lowest BCUT2D eigenvalue weighted by Gasteiger charge is -2.18. The van der Waals surface area contributed by atoms with Gasteiger partial charge in [0.2, 0.25) is 0 Å². The van der Waals surface area contributed by atoms with Gasteiger partial charge in [-0.3, -0.25) is 14.8 Å². The normalized spacial score (nSPS) is 12.6. The molecule has 0 unspecified atom stereocenters. The molecule has 0 radical (unpaired) electrons. The number of esters is 1. The van der Waals surface area contributed by atoms with Crippen molar-refractivity contribution in [3.05, 3.63) is 53.9 Å². The molecule has 0 bridgehead atoms. The van der Waals surface area contributed by atoms with Crippen molar-refractivity contribution in [2.75, 3.05) is 14.2 Å². The van der Waals surface area contributed by atoms with E-state index >= 15 is 0 Å². The maximum Gasteiger partial charge on any atom is 0.422 e. The van der Waals surface area contributed by atoms with Gasteiger partial charge in [-0.1, -0.05) is 18.2 Å². The van der Waals surface area contributed by atoms with E-state index in [9.17, 15) is 18.0 Å². The third-order valence-corrected chi connectivity index (χ3v) is 4.47. The van der Waals surface area contributed by atoms with E-state index in [1.807, 2.05) is 0 Å². The molecule has 0 fully saturated rings. The third kappa shape index (κ3) is 4.00. The summed E-state index contributed by atoms with van der Waals surface area (Å²) in [4.78, 5) is 19.9. The number of alkyl halides is 3. The standard InChI is InChI=1S/C20H18F3N3O3/c1-28-15-7-9-26-18(16(15)20(21,22)23)13-6-5-11(10-14(24)19(27)29-2)12-4-3-8-25-17(12)13/h3-9,14H,10,24H2,1-2H3/t14-/m0/s1. The molecule has 1 atom stereocenters. The van der Waals surface area contributed by atoms with Crippen LogP contribution in [-0.4, -0.2) is 36.2 Å². The Morgan fingerprint density at radius 1 is 1.14 bits per heavy atom. The number of aromatic nitrogens is 2. The number of hydrogen-bond donors (Lipinski definition) is 1. The van der Waals surface area contributed by atoms with Crippen LogP contribution in [-0.2, 0) is 22.1 Å². The number of carbonyl (C=O) groups is 1. The fourth-order valence-electron chi connectivity index (χ4n) is 3.16. The number of nitrogens with two attached hydrogens (primary N) is 1. The van der Waals surface area contributed by atoms with E-state index in [0.29, 0.717) is 16.5 Å². The lowest BCUT2D eigenvalue weighted by Crippen LogP contribution is -2.33. The van der Waals surface area contributed by atoms with Crippen molar-refractivity contribution in [3.63, 3.8) is 0 Å². The highest BCUT2D eigenvalue weighted by Crippen LogP contribution is 2.43. The Morgan fingerprint density at radius 3 is 2.55 bits per heavy atom. The fourth-order valence-corrected chi connectivity index (χ4v) is 3.16. The molecule has 0 aliphatic heterocycles. The van der Waals surface area contributed by atoms with Crippen molar-refractivity contribution in [1.82, 2.24) is 9.97 Å². The maximum absolute atomic E-state index is 13.8. The smallest absolute Gasteiger partial charge is 0.422 e. The second-order valence-electron chi connectivity index (χ2n) is 6.24. The molecular weight excluding hydrogens is 387 g/mol. The molecule has 0 amide bonds. The van der Waals surface area contributed by atoms with E-state index in [0.717, 1.165) is 6.07 Å². The summed E-state index contributed by atoms with van der Waals surface area (Å²) in [6.45, 7) is 0. The molecule has 2 aromatic heterocycles. The lowest BCUT2D eigenvalue weighted by molar-refractivity contribution is -0.142. The first-order chi connectivity index (χ1) is 13.8. The summed E-state index contributed by atoms with van der Waals surface area (Å²) in [5.74, 6) is -0.914. The van der Waals surface area contributed by atoms with Crippen molar-refractivity contribution in [2.24, 2.45) is 5.73 Å². The molecule has 6 nitrogen and oxygen atoms in total. The zero-order valence-electron chi connectivity index (χ0n) is 15.7. The van der Waals surface area contributed by atoms with Gasteiger partial charge in [0.1, 0.15) is 17.4 Å². The third-order valence-electron chi connectivity index (χ3n) is 4.47. The monoisotopic (exact) mass is 405 g/mol. The predicted octanol–water partition coefficient (Wildman–Crippen LogP) is 3.37. The number of fused-ring (bicyclic) bond motifs is 1. The molecular formula is C20H18F3N3O3. The zero-order chi connectivity index (χ0) is 21.2. The van der Waals surface area contributed by atoms with Crippen LogP contribution in [0.15, 0.2) is 42.7 Å². The number of pyridine rings is 2. The molecule has 0 aliphatic carbocycles. The van der Waals surface area contributed by atoms with Gasteiger partial charge >= 0.3 is 12.1 Å². The molecule has 152 valence electrons. The Kier molecular flexibility index (Phi) is 5.69. The molecule has 3 aromatic rings. The van der Waals surface area contributed by atoms with E-state index in [-0.39, 0.29) is 23.4 Å². The minimum absolute atomic E-state index is 0.146. The molecule has 2 heterocycles. The topological polar surface area (TPSA) is 87.3 Å². The Labute approximate surface area is 164 Å². The average molecular weight is 405 g/mol. The van der Waals surface area contributed by atoms with E-state index in [1.54, 1.807) is 18.2 Å². The number of carbonyl (C=O) groups excluding carboxylic acids is 1. The molecule has 0 aliphatic rings. The Hall–Kier alpha value is -3.20. The van der Waals surface area contributed by atoms with Gasteiger partial charge in [-0.25, -0.2) is 0 Å². The van der Waals surface area contributed by atoms with Gasteiger partial charge in [-0.15, -0.1) is 0 Å². The van der Waals surface area contributed by atoms with E-state index in [4.69, 9.17) is 10.5 Å². The number of benzene rings is 1. The van der Waals surface area contributed by atoms with Gasteiger partial charge in [0.05, 0.1) is 25.4 Å². The highest BCUT2D eigenvalue weighted by atomic mass is 19.4. The molecule has 0 saturated carbocycles. The number of methoxy groups -OCH3 is 2. The van der Waals surface area contributed by atoms with Crippen LogP contribution in [0, 0.1) is 0 Å². The van der Waals surface area contributed by atoms with Crippen LogP contribution < -0.4 is 10.5 Å². The summed E-state index contributed by atoms with van der Waals surface area (Å²) in [5.41, 5.74) is 5.75. The highest BCUT2D eigenvalue weighted by molar-refractivity contribution is 5.96. The van der Waals surface area contributed by atoms with E-state index < -0.39 is 23.8 Å².